The van der Waals surface area contributed by atoms with E-state index in [4.69, 9.17) is 9.47 Å². The van der Waals surface area contributed by atoms with Crippen molar-refractivity contribution in [1.29, 1.82) is 0 Å². The summed E-state index contributed by atoms with van der Waals surface area (Å²) in [6.45, 7) is 0.713. The Morgan fingerprint density at radius 2 is 1.89 bits per heavy atom. The van der Waals surface area contributed by atoms with E-state index in [0.29, 0.717) is 13.0 Å². The molecule has 1 aliphatic carbocycles. The molecule has 1 amide bonds. The number of ether oxygens (including phenoxy) is 2. The van der Waals surface area contributed by atoms with Gasteiger partial charge < -0.3 is 0 Å². The van der Waals surface area contributed by atoms with E-state index in [-0.39, 0.29) is 17.9 Å². The summed E-state index contributed by atoms with van der Waals surface area (Å²) in [4.78, 5) is 14.5. The van der Waals surface area contributed by atoms with Crippen LogP contribution in [0.5, 0.6) is 11.5 Å². The molecule has 142 valence electrons. The van der Waals surface area contributed by atoms with Gasteiger partial charge in [0.25, 0.3) is 0 Å². The Balaban J connectivity index is 1.55. The van der Waals surface area contributed by atoms with E-state index in [2.05, 4.69) is 24.3 Å². The maximum atomic E-state index is 12.6. The van der Waals surface area contributed by atoms with E-state index in [0.717, 1.165) is 35.6 Å². The summed E-state index contributed by atoms with van der Waals surface area (Å²) >= 11 is 1.58. The number of amides is 1. The predicted molar refractivity (Wildman–Crippen MR) is 110 cm³/mol. The number of carbonyl (C=O) groups excluding carboxylic acids is 1. The number of anilines is 1. The van der Waals surface area contributed by atoms with Crippen LogP contribution >= 0.6 is 0 Å². The average molecular weight is 427 g/mol. The monoisotopic (exact) mass is 427 g/mol. The second-order valence-electron chi connectivity index (χ2n) is 7.43. The molecule has 0 spiro atoms. The molecule has 1 saturated heterocycles. The molecule has 2 fully saturated rings. The van der Waals surface area contributed by atoms with Gasteiger partial charge in [0.2, 0.25) is 0 Å². The first-order valence-electron chi connectivity index (χ1n) is 9.64. The van der Waals surface area contributed by atoms with E-state index in [1.165, 1.54) is 17.2 Å². The molecule has 5 heteroatoms. The van der Waals surface area contributed by atoms with Gasteiger partial charge in [-0.2, -0.15) is 0 Å². The second kappa shape index (κ2) is 7.98. The molecule has 2 atom stereocenters. The maximum absolute atomic E-state index is 12.6. The van der Waals surface area contributed by atoms with Gasteiger partial charge in [-0.15, -0.1) is 0 Å². The molecule has 4 rings (SSSR count). The van der Waals surface area contributed by atoms with Gasteiger partial charge in [-0.25, -0.2) is 0 Å². The number of nitrogens with zero attached hydrogens (tertiary/aromatic N) is 1. The summed E-state index contributed by atoms with van der Waals surface area (Å²) in [6, 6.07) is 14.3. The molecule has 2 aromatic carbocycles. The van der Waals surface area contributed by atoms with Gasteiger partial charge in [0, 0.05) is 0 Å². The number of hydrogen-bond acceptors (Lipinski definition) is 3. The smallest absolute Gasteiger partial charge is 0.0496 e. The first kappa shape index (κ1) is 18.4. The van der Waals surface area contributed by atoms with Gasteiger partial charge in [-0.1, -0.05) is 0 Å². The van der Waals surface area contributed by atoms with Crippen molar-refractivity contribution >= 4 is 32.8 Å². The Bertz CT molecular complexity index is 832. The van der Waals surface area contributed by atoms with E-state index >= 15 is 0 Å². The number of rotatable bonds is 5. The molecular weight excluding hydrogens is 401 g/mol. The number of carbonyl (C=O) groups is 1. The SMILES string of the molecule is COc1ccc(C2CC(=O)N(c3cccc([AsH2])c3)C2)cc1OC1CCCC1. The zero-order valence-corrected chi connectivity index (χ0v) is 18.1. The van der Waals surface area contributed by atoms with Crippen molar-refractivity contribution in [2.45, 2.75) is 44.1 Å². The van der Waals surface area contributed by atoms with Crippen LogP contribution in [-0.2, 0) is 4.79 Å². The van der Waals surface area contributed by atoms with Crippen LogP contribution in [0.15, 0.2) is 42.5 Å². The third-order valence-electron chi connectivity index (χ3n) is 5.56. The molecule has 0 radical (unpaired) electrons. The fraction of sp³-hybridized carbons (Fsp3) is 0.409. The summed E-state index contributed by atoms with van der Waals surface area (Å²) in [6.07, 6.45) is 5.50. The molecule has 0 N–H and O–H groups in total. The molecule has 1 saturated carbocycles. The standard InChI is InChI=1S/C22H26AsNO3/c1-26-20-10-9-15(11-21(20)27-19-7-2-3-8-19)16-12-22(25)24(14-16)18-6-4-5-17(23)13-18/h4-6,9-11,13,16,19H,2-3,7-8,12,14,23H2,1H3. The van der Waals surface area contributed by atoms with Crippen LogP contribution < -0.4 is 18.7 Å². The van der Waals surface area contributed by atoms with E-state index < -0.39 is 0 Å². The number of benzene rings is 2. The molecule has 2 aromatic rings. The third-order valence-corrected chi connectivity index (χ3v) is 6.32. The van der Waals surface area contributed by atoms with Crippen molar-refractivity contribution in [3.05, 3.63) is 48.0 Å². The van der Waals surface area contributed by atoms with Crippen LogP contribution in [-0.4, -0.2) is 42.5 Å². The average Bonchev–Trinajstić information content (AvgIpc) is 3.31. The van der Waals surface area contributed by atoms with Crippen LogP contribution in [0.25, 0.3) is 0 Å². The molecule has 1 heterocycles. The van der Waals surface area contributed by atoms with Crippen molar-refractivity contribution < 1.29 is 14.3 Å². The Kier molecular flexibility index (Phi) is 5.45. The van der Waals surface area contributed by atoms with Crippen LogP contribution in [0, 0.1) is 0 Å². The molecule has 27 heavy (non-hydrogen) atoms. The quantitative estimate of drug-likeness (QED) is 0.689. The van der Waals surface area contributed by atoms with Crippen LogP contribution in [0.1, 0.15) is 43.6 Å². The first-order valence-corrected chi connectivity index (χ1v) is 10.9. The Morgan fingerprint density at radius 3 is 2.63 bits per heavy atom. The van der Waals surface area contributed by atoms with Crippen LogP contribution in [0.2, 0.25) is 0 Å². The van der Waals surface area contributed by atoms with Crippen molar-refractivity contribution in [2.75, 3.05) is 18.6 Å². The Morgan fingerprint density at radius 1 is 1.07 bits per heavy atom. The molecular formula is C22H26AsNO3. The van der Waals surface area contributed by atoms with Gasteiger partial charge >= 0.3 is 156 Å². The first-order chi connectivity index (χ1) is 13.1. The minimum absolute atomic E-state index is 0.181. The van der Waals surface area contributed by atoms with Gasteiger partial charge in [0.15, 0.2) is 0 Å². The molecule has 4 nitrogen and oxygen atoms in total. The topological polar surface area (TPSA) is 38.8 Å². The molecule has 2 aliphatic rings. The molecule has 0 bridgehead atoms. The summed E-state index contributed by atoms with van der Waals surface area (Å²) in [5.74, 6) is 1.95. The predicted octanol–water partition coefficient (Wildman–Crippen LogP) is 2.80. The second-order valence-corrected chi connectivity index (χ2v) is 8.83. The van der Waals surface area contributed by atoms with Crippen LogP contribution in [0.3, 0.4) is 0 Å². The summed E-state index contributed by atoms with van der Waals surface area (Å²) in [5, 5.41) is 0. The van der Waals surface area contributed by atoms with E-state index in [1.54, 1.807) is 24.0 Å². The zero-order chi connectivity index (χ0) is 18.8. The summed E-state index contributed by atoms with van der Waals surface area (Å²) in [7, 11) is 1.68. The van der Waals surface area contributed by atoms with Crippen molar-refractivity contribution in [3.8, 4) is 11.5 Å². The fourth-order valence-corrected chi connectivity index (χ4v) is 4.69. The van der Waals surface area contributed by atoms with Crippen molar-refractivity contribution in [1.82, 2.24) is 0 Å². The van der Waals surface area contributed by atoms with Crippen molar-refractivity contribution in [2.24, 2.45) is 0 Å². The minimum Gasteiger partial charge on any atom is -0.0496 e. The van der Waals surface area contributed by atoms with Gasteiger partial charge in [0.05, 0.1) is 0 Å². The minimum atomic E-state index is 0.181. The Labute approximate surface area is 169 Å². The van der Waals surface area contributed by atoms with Crippen LogP contribution in [0.4, 0.5) is 5.69 Å². The summed E-state index contributed by atoms with van der Waals surface area (Å²) in [5.41, 5.74) is 2.15. The normalized spacial score (nSPS) is 20.3. The number of hydrogen-bond donors (Lipinski definition) is 0. The molecule has 2 unspecified atom stereocenters. The van der Waals surface area contributed by atoms with Gasteiger partial charge in [-0.05, 0) is 12.8 Å². The fourth-order valence-electron chi connectivity index (χ4n) is 4.10. The third kappa shape index (κ3) is 4.01. The zero-order valence-electron chi connectivity index (χ0n) is 15.7. The van der Waals surface area contributed by atoms with E-state index in [9.17, 15) is 4.79 Å². The Hall–Kier alpha value is -1.93. The van der Waals surface area contributed by atoms with Crippen molar-refractivity contribution in [3.63, 3.8) is 0 Å². The van der Waals surface area contributed by atoms with Gasteiger partial charge in [-0.3, -0.25) is 0 Å². The van der Waals surface area contributed by atoms with E-state index in [1.807, 2.05) is 23.1 Å². The van der Waals surface area contributed by atoms with Gasteiger partial charge in [0.1, 0.15) is 0 Å². The molecule has 0 aromatic heterocycles. The number of methoxy groups -OCH3 is 1. The molecule has 1 aliphatic heterocycles. The summed E-state index contributed by atoms with van der Waals surface area (Å²) < 4.78 is 13.0.